The summed E-state index contributed by atoms with van der Waals surface area (Å²) in [6.07, 6.45) is 1.67. The van der Waals surface area contributed by atoms with Gasteiger partial charge in [0.05, 0.1) is 13.2 Å². The first-order chi connectivity index (χ1) is 5.67. The Bertz CT molecular complexity index is 128. The van der Waals surface area contributed by atoms with Gasteiger partial charge in [0.1, 0.15) is 0 Å². The standard InChI is InChI=1S/C9H18O3/c1-9(2,4-3-5-10)8-11-6-7-12-8/h8,10H,3-7H2,1-2H3. The first-order valence-electron chi connectivity index (χ1n) is 4.51. The Balaban J connectivity index is 2.34. The Morgan fingerprint density at radius 2 is 1.92 bits per heavy atom. The fourth-order valence-electron chi connectivity index (χ4n) is 1.46. The first kappa shape index (κ1) is 9.96. The molecule has 0 aromatic rings. The number of rotatable bonds is 4. The molecule has 1 heterocycles. The molecule has 0 aromatic carbocycles. The highest BCUT2D eigenvalue weighted by molar-refractivity contribution is 4.74. The minimum Gasteiger partial charge on any atom is -0.396 e. The van der Waals surface area contributed by atoms with Crippen molar-refractivity contribution < 1.29 is 14.6 Å². The molecule has 1 aliphatic heterocycles. The van der Waals surface area contributed by atoms with Crippen molar-refractivity contribution in [1.82, 2.24) is 0 Å². The monoisotopic (exact) mass is 174 g/mol. The lowest BCUT2D eigenvalue weighted by molar-refractivity contribution is -0.123. The normalized spacial score (nSPS) is 20.2. The van der Waals surface area contributed by atoms with Crippen molar-refractivity contribution in [2.45, 2.75) is 33.0 Å². The number of aliphatic hydroxyl groups excluding tert-OH is 1. The molecule has 0 spiro atoms. The fraction of sp³-hybridized carbons (Fsp3) is 1.00. The van der Waals surface area contributed by atoms with E-state index in [4.69, 9.17) is 14.6 Å². The Morgan fingerprint density at radius 3 is 2.42 bits per heavy atom. The Labute approximate surface area is 73.7 Å². The highest BCUT2D eigenvalue weighted by Gasteiger charge is 2.33. The van der Waals surface area contributed by atoms with Gasteiger partial charge in [-0.05, 0) is 12.8 Å². The highest BCUT2D eigenvalue weighted by Crippen LogP contribution is 2.31. The van der Waals surface area contributed by atoms with Crippen molar-refractivity contribution in [3.05, 3.63) is 0 Å². The van der Waals surface area contributed by atoms with Crippen LogP contribution in [0.4, 0.5) is 0 Å². The molecule has 3 nitrogen and oxygen atoms in total. The summed E-state index contributed by atoms with van der Waals surface area (Å²) in [4.78, 5) is 0. The zero-order valence-corrected chi connectivity index (χ0v) is 7.88. The van der Waals surface area contributed by atoms with Crippen LogP contribution in [-0.2, 0) is 9.47 Å². The van der Waals surface area contributed by atoms with E-state index in [0.717, 1.165) is 12.8 Å². The van der Waals surface area contributed by atoms with Crippen LogP contribution in [0.25, 0.3) is 0 Å². The number of ether oxygens (including phenoxy) is 2. The van der Waals surface area contributed by atoms with E-state index in [9.17, 15) is 0 Å². The van der Waals surface area contributed by atoms with Crippen LogP contribution in [0.15, 0.2) is 0 Å². The van der Waals surface area contributed by atoms with Crippen molar-refractivity contribution in [3.63, 3.8) is 0 Å². The lowest BCUT2D eigenvalue weighted by atomic mass is 9.87. The summed E-state index contributed by atoms with van der Waals surface area (Å²) < 4.78 is 10.8. The topological polar surface area (TPSA) is 38.7 Å². The molecular formula is C9H18O3. The predicted molar refractivity (Wildman–Crippen MR) is 45.8 cm³/mol. The van der Waals surface area contributed by atoms with E-state index in [1.807, 2.05) is 0 Å². The van der Waals surface area contributed by atoms with Gasteiger partial charge in [0.25, 0.3) is 0 Å². The van der Waals surface area contributed by atoms with Crippen molar-refractivity contribution in [2.75, 3.05) is 19.8 Å². The second-order valence-corrected chi connectivity index (χ2v) is 3.89. The zero-order valence-electron chi connectivity index (χ0n) is 7.88. The lowest BCUT2D eigenvalue weighted by Crippen LogP contribution is -2.30. The van der Waals surface area contributed by atoms with Crippen molar-refractivity contribution in [3.8, 4) is 0 Å². The first-order valence-corrected chi connectivity index (χ1v) is 4.51. The maximum Gasteiger partial charge on any atom is 0.162 e. The third-order valence-corrected chi connectivity index (χ3v) is 2.24. The smallest absolute Gasteiger partial charge is 0.162 e. The molecule has 0 bridgehead atoms. The van der Waals surface area contributed by atoms with Gasteiger partial charge in [0, 0.05) is 12.0 Å². The molecule has 1 fully saturated rings. The van der Waals surface area contributed by atoms with E-state index in [-0.39, 0.29) is 18.3 Å². The van der Waals surface area contributed by atoms with Crippen LogP contribution in [0.5, 0.6) is 0 Å². The second kappa shape index (κ2) is 4.21. The molecule has 0 aromatic heterocycles. The Kier molecular flexibility index (Phi) is 3.50. The van der Waals surface area contributed by atoms with E-state index in [1.54, 1.807) is 0 Å². The summed E-state index contributed by atoms with van der Waals surface area (Å²) in [7, 11) is 0. The van der Waals surface area contributed by atoms with Gasteiger partial charge < -0.3 is 14.6 Å². The third kappa shape index (κ3) is 2.44. The molecule has 0 radical (unpaired) electrons. The second-order valence-electron chi connectivity index (χ2n) is 3.89. The van der Waals surface area contributed by atoms with Gasteiger partial charge >= 0.3 is 0 Å². The number of aliphatic hydroxyl groups is 1. The maximum atomic E-state index is 8.69. The van der Waals surface area contributed by atoms with Crippen LogP contribution in [-0.4, -0.2) is 31.2 Å². The van der Waals surface area contributed by atoms with Crippen molar-refractivity contribution in [1.29, 1.82) is 0 Å². The largest absolute Gasteiger partial charge is 0.396 e. The van der Waals surface area contributed by atoms with E-state index >= 15 is 0 Å². The summed E-state index contributed by atoms with van der Waals surface area (Å²) in [6, 6.07) is 0. The average molecular weight is 174 g/mol. The molecule has 72 valence electrons. The van der Waals surface area contributed by atoms with Crippen molar-refractivity contribution >= 4 is 0 Å². The van der Waals surface area contributed by atoms with Gasteiger partial charge in [-0.3, -0.25) is 0 Å². The van der Waals surface area contributed by atoms with E-state index in [2.05, 4.69) is 13.8 Å². The van der Waals surface area contributed by atoms with Gasteiger partial charge in [0.15, 0.2) is 6.29 Å². The van der Waals surface area contributed by atoms with Crippen LogP contribution in [0, 0.1) is 5.41 Å². The summed E-state index contributed by atoms with van der Waals surface area (Å²) in [5.41, 5.74) is 0.0270. The molecule has 1 N–H and O–H groups in total. The third-order valence-electron chi connectivity index (χ3n) is 2.24. The average Bonchev–Trinajstić information content (AvgIpc) is 2.53. The molecule has 1 aliphatic rings. The SMILES string of the molecule is CC(C)(CCCO)C1OCCO1. The molecule has 0 atom stereocenters. The molecule has 3 heteroatoms. The molecule has 0 aliphatic carbocycles. The van der Waals surface area contributed by atoms with Gasteiger partial charge in [-0.1, -0.05) is 13.8 Å². The molecule has 1 rings (SSSR count). The van der Waals surface area contributed by atoms with Crippen LogP contribution in [0.3, 0.4) is 0 Å². The predicted octanol–water partition coefficient (Wildman–Crippen LogP) is 1.16. The molecule has 0 saturated carbocycles. The molecule has 1 saturated heterocycles. The van der Waals surface area contributed by atoms with Crippen LogP contribution >= 0.6 is 0 Å². The van der Waals surface area contributed by atoms with Gasteiger partial charge in [-0.25, -0.2) is 0 Å². The summed E-state index contributed by atoms with van der Waals surface area (Å²) >= 11 is 0. The maximum absolute atomic E-state index is 8.69. The zero-order chi connectivity index (χ0) is 9.03. The van der Waals surface area contributed by atoms with Crippen LogP contribution in [0.1, 0.15) is 26.7 Å². The minimum atomic E-state index is -0.0796. The minimum absolute atomic E-state index is 0.0270. The fourth-order valence-corrected chi connectivity index (χ4v) is 1.46. The van der Waals surface area contributed by atoms with Gasteiger partial charge in [-0.2, -0.15) is 0 Å². The van der Waals surface area contributed by atoms with Crippen LogP contribution in [0.2, 0.25) is 0 Å². The number of hydrogen-bond donors (Lipinski definition) is 1. The number of hydrogen-bond acceptors (Lipinski definition) is 3. The van der Waals surface area contributed by atoms with Gasteiger partial charge in [-0.15, -0.1) is 0 Å². The molecule has 0 amide bonds. The van der Waals surface area contributed by atoms with Crippen molar-refractivity contribution in [2.24, 2.45) is 5.41 Å². The quantitative estimate of drug-likeness (QED) is 0.695. The molecular weight excluding hydrogens is 156 g/mol. The molecule has 0 unspecified atom stereocenters. The highest BCUT2D eigenvalue weighted by atomic mass is 16.7. The molecule has 12 heavy (non-hydrogen) atoms. The summed E-state index contributed by atoms with van der Waals surface area (Å²) in [6.45, 7) is 5.87. The summed E-state index contributed by atoms with van der Waals surface area (Å²) in [5, 5.41) is 8.69. The van der Waals surface area contributed by atoms with E-state index in [1.165, 1.54) is 0 Å². The van der Waals surface area contributed by atoms with E-state index in [0.29, 0.717) is 13.2 Å². The lowest BCUT2D eigenvalue weighted by Gasteiger charge is -2.29. The van der Waals surface area contributed by atoms with Gasteiger partial charge in [0.2, 0.25) is 0 Å². The Morgan fingerprint density at radius 1 is 1.33 bits per heavy atom. The summed E-state index contributed by atoms with van der Waals surface area (Å²) in [5.74, 6) is 0. The van der Waals surface area contributed by atoms with Crippen LogP contribution < -0.4 is 0 Å². The van der Waals surface area contributed by atoms with E-state index < -0.39 is 0 Å². The Hall–Kier alpha value is -0.120.